The van der Waals surface area contributed by atoms with E-state index in [1.165, 1.54) is 6.07 Å². The van der Waals surface area contributed by atoms with Crippen LogP contribution in [-0.2, 0) is 0 Å². The van der Waals surface area contributed by atoms with E-state index in [2.05, 4.69) is 4.98 Å². The third-order valence-corrected chi connectivity index (χ3v) is 4.55. The van der Waals surface area contributed by atoms with Gasteiger partial charge in [0.15, 0.2) is 0 Å². The number of hydrogen-bond acceptors (Lipinski definition) is 3. The lowest BCUT2D eigenvalue weighted by molar-refractivity contribution is 0.476. The molecule has 0 radical (unpaired) electrons. The highest BCUT2D eigenvalue weighted by Crippen LogP contribution is 2.27. The zero-order valence-corrected chi connectivity index (χ0v) is 14.3. The van der Waals surface area contributed by atoms with Gasteiger partial charge in [0.1, 0.15) is 11.6 Å². The number of fused-ring (bicyclic) bond motifs is 1. The normalized spacial score (nSPS) is 11.2. The molecule has 26 heavy (non-hydrogen) atoms. The molecule has 4 rings (SSSR count). The molecule has 0 saturated heterocycles. The summed E-state index contributed by atoms with van der Waals surface area (Å²) in [7, 11) is 0. The second-order valence-electron chi connectivity index (χ2n) is 6.26. The smallest absolute Gasteiger partial charge is 0.262 e. The van der Waals surface area contributed by atoms with Gasteiger partial charge in [-0.25, -0.2) is 4.98 Å². The Hall–Kier alpha value is -3.40. The van der Waals surface area contributed by atoms with Gasteiger partial charge in [0.25, 0.3) is 5.56 Å². The van der Waals surface area contributed by atoms with E-state index in [0.717, 1.165) is 11.1 Å². The van der Waals surface area contributed by atoms with Crippen LogP contribution in [-0.4, -0.2) is 14.7 Å². The van der Waals surface area contributed by atoms with Crippen molar-refractivity contribution in [3.05, 3.63) is 106 Å². The van der Waals surface area contributed by atoms with Gasteiger partial charge in [-0.05, 0) is 36.2 Å². The first-order chi connectivity index (χ1) is 12.6. The number of nitrogens with zero attached hydrogens (tertiary/aromatic N) is 2. The molecule has 0 unspecified atom stereocenters. The van der Waals surface area contributed by atoms with Crippen LogP contribution < -0.4 is 5.56 Å². The first-order valence-corrected chi connectivity index (χ1v) is 8.47. The molecule has 3 aromatic carbocycles. The van der Waals surface area contributed by atoms with Crippen molar-refractivity contribution in [3.63, 3.8) is 0 Å². The first kappa shape index (κ1) is 16.1. The molecule has 0 saturated carbocycles. The van der Waals surface area contributed by atoms with Crippen LogP contribution in [0.2, 0.25) is 0 Å². The van der Waals surface area contributed by atoms with Gasteiger partial charge < -0.3 is 5.11 Å². The Morgan fingerprint density at radius 3 is 2.04 bits per heavy atom. The predicted octanol–water partition coefficient (Wildman–Crippen LogP) is 4.05. The van der Waals surface area contributed by atoms with Crippen LogP contribution in [0.3, 0.4) is 0 Å². The Balaban J connectivity index is 2.05. The van der Waals surface area contributed by atoms with Gasteiger partial charge in [0.05, 0.1) is 16.9 Å². The molecule has 0 aliphatic heterocycles. The number of aromatic nitrogens is 2. The fourth-order valence-corrected chi connectivity index (χ4v) is 3.36. The summed E-state index contributed by atoms with van der Waals surface area (Å²) < 4.78 is 1.70. The SMILES string of the molecule is Cc1nc2ccc(O)cc2c(=O)n1C(c1ccccc1)c1ccccc1. The minimum Gasteiger partial charge on any atom is -0.508 e. The molecule has 0 bridgehead atoms. The van der Waals surface area contributed by atoms with E-state index >= 15 is 0 Å². The van der Waals surface area contributed by atoms with E-state index in [9.17, 15) is 9.90 Å². The fourth-order valence-electron chi connectivity index (χ4n) is 3.36. The number of phenolic OH excluding ortho intramolecular Hbond substituents is 1. The number of rotatable bonds is 3. The van der Waals surface area contributed by atoms with Gasteiger partial charge in [0.2, 0.25) is 0 Å². The third kappa shape index (κ3) is 2.75. The summed E-state index contributed by atoms with van der Waals surface area (Å²) in [4.78, 5) is 17.9. The molecule has 1 heterocycles. The van der Waals surface area contributed by atoms with E-state index < -0.39 is 0 Å². The Labute approximate surface area is 151 Å². The summed E-state index contributed by atoms with van der Waals surface area (Å²) in [6.45, 7) is 1.84. The quantitative estimate of drug-likeness (QED) is 0.611. The average Bonchev–Trinajstić information content (AvgIpc) is 2.67. The van der Waals surface area contributed by atoms with Crippen molar-refractivity contribution in [2.75, 3.05) is 0 Å². The van der Waals surface area contributed by atoms with Crippen LogP contribution in [0, 0.1) is 6.92 Å². The lowest BCUT2D eigenvalue weighted by atomic mass is 9.98. The van der Waals surface area contributed by atoms with Crippen LogP contribution >= 0.6 is 0 Å². The minimum absolute atomic E-state index is 0.0581. The summed E-state index contributed by atoms with van der Waals surface area (Å²) in [5, 5.41) is 10.2. The van der Waals surface area contributed by atoms with Crippen LogP contribution in [0.25, 0.3) is 10.9 Å². The zero-order chi connectivity index (χ0) is 18.1. The van der Waals surface area contributed by atoms with E-state index in [1.54, 1.807) is 16.7 Å². The molecular weight excluding hydrogens is 324 g/mol. The standard InChI is InChI=1S/C22H18N2O2/c1-15-23-20-13-12-18(25)14-19(20)22(26)24(15)21(16-8-4-2-5-9-16)17-10-6-3-7-11-17/h2-14,21,25H,1H3. The van der Waals surface area contributed by atoms with Crippen molar-refractivity contribution in [2.24, 2.45) is 0 Å². The van der Waals surface area contributed by atoms with Gasteiger partial charge in [-0.15, -0.1) is 0 Å². The number of aryl methyl sites for hydroxylation is 1. The van der Waals surface area contributed by atoms with Crippen LogP contribution in [0.1, 0.15) is 23.0 Å². The van der Waals surface area contributed by atoms with Gasteiger partial charge in [-0.1, -0.05) is 60.7 Å². The summed E-state index contributed by atoms with van der Waals surface area (Å²) >= 11 is 0. The number of benzene rings is 3. The van der Waals surface area contributed by atoms with E-state index in [4.69, 9.17) is 0 Å². The highest BCUT2D eigenvalue weighted by molar-refractivity contribution is 5.79. The lowest BCUT2D eigenvalue weighted by Gasteiger charge is -2.23. The molecule has 0 aliphatic rings. The zero-order valence-electron chi connectivity index (χ0n) is 14.3. The van der Waals surface area contributed by atoms with Gasteiger partial charge >= 0.3 is 0 Å². The van der Waals surface area contributed by atoms with Gasteiger partial charge in [-0.2, -0.15) is 0 Å². The molecule has 0 amide bonds. The maximum absolute atomic E-state index is 13.3. The Kier molecular flexibility index (Phi) is 4.01. The van der Waals surface area contributed by atoms with Crippen LogP contribution in [0.15, 0.2) is 83.7 Å². The second kappa shape index (κ2) is 6.48. The molecule has 0 atom stereocenters. The summed E-state index contributed by atoms with van der Waals surface area (Å²) in [5.41, 5.74) is 2.43. The maximum Gasteiger partial charge on any atom is 0.262 e. The molecule has 128 valence electrons. The minimum atomic E-state index is -0.288. The largest absolute Gasteiger partial charge is 0.508 e. The molecule has 4 nitrogen and oxygen atoms in total. The van der Waals surface area contributed by atoms with Gasteiger partial charge in [-0.3, -0.25) is 9.36 Å². The molecule has 1 N–H and O–H groups in total. The molecular formula is C22H18N2O2. The molecule has 4 heteroatoms. The monoisotopic (exact) mass is 342 g/mol. The van der Waals surface area contributed by atoms with Crippen LogP contribution in [0.5, 0.6) is 5.75 Å². The molecule has 0 fully saturated rings. The second-order valence-corrected chi connectivity index (χ2v) is 6.26. The number of aromatic hydroxyl groups is 1. The van der Waals surface area contributed by atoms with Crippen molar-refractivity contribution in [2.45, 2.75) is 13.0 Å². The van der Waals surface area contributed by atoms with Gasteiger partial charge in [0, 0.05) is 0 Å². The van der Waals surface area contributed by atoms with Crippen molar-refractivity contribution in [1.82, 2.24) is 9.55 Å². The Bertz CT molecular complexity index is 1080. The topological polar surface area (TPSA) is 55.1 Å². The predicted molar refractivity (Wildman–Crippen MR) is 103 cm³/mol. The molecule has 4 aromatic rings. The number of hydrogen-bond donors (Lipinski definition) is 1. The fraction of sp³-hybridized carbons (Fsp3) is 0.0909. The summed E-state index contributed by atoms with van der Waals surface area (Å²) in [6, 6.07) is 24.2. The van der Waals surface area contributed by atoms with Crippen molar-refractivity contribution in [3.8, 4) is 5.75 Å². The molecule has 0 aliphatic carbocycles. The lowest BCUT2D eigenvalue weighted by Crippen LogP contribution is -2.29. The Morgan fingerprint density at radius 2 is 1.46 bits per heavy atom. The molecule has 0 spiro atoms. The molecule has 1 aromatic heterocycles. The highest BCUT2D eigenvalue weighted by atomic mass is 16.3. The van der Waals surface area contributed by atoms with Crippen molar-refractivity contribution < 1.29 is 5.11 Å². The Morgan fingerprint density at radius 1 is 0.885 bits per heavy atom. The first-order valence-electron chi connectivity index (χ1n) is 8.47. The number of phenols is 1. The van der Waals surface area contributed by atoms with E-state index in [0.29, 0.717) is 16.7 Å². The third-order valence-electron chi connectivity index (χ3n) is 4.55. The summed E-state index contributed by atoms with van der Waals surface area (Å²) in [6.07, 6.45) is 0. The van der Waals surface area contributed by atoms with Crippen molar-refractivity contribution in [1.29, 1.82) is 0 Å². The van der Waals surface area contributed by atoms with Crippen molar-refractivity contribution >= 4 is 10.9 Å². The summed E-state index contributed by atoms with van der Waals surface area (Å²) in [5.74, 6) is 0.689. The van der Waals surface area contributed by atoms with E-state index in [1.807, 2.05) is 67.6 Å². The highest BCUT2D eigenvalue weighted by Gasteiger charge is 2.21. The van der Waals surface area contributed by atoms with Crippen LogP contribution in [0.4, 0.5) is 0 Å². The maximum atomic E-state index is 13.3. The van der Waals surface area contributed by atoms with E-state index in [-0.39, 0.29) is 17.4 Å². The average molecular weight is 342 g/mol.